The van der Waals surface area contributed by atoms with E-state index < -0.39 is 0 Å². The van der Waals surface area contributed by atoms with Gasteiger partial charge in [0.2, 0.25) is 0 Å². The topological polar surface area (TPSA) is 8.17 Å². The van der Waals surface area contributed by atoms with Gasteiger partial charge in [-0.15, -0.1) is 0 Å². The van der Waals surface area contributed by atoms with Crippen molar-refractivity contribution in [3.8, 4) is 50.2 Å². The van der Waals surface area contributed by atoms with Crippen LogP contribution in [0.2, 0.25) is 0 Å². The fraction of sp³-hybridized carbons (Fsp3) is 0. The van der Waals surface area contributed by atoms with E-state index in [1.54, 1.807) is 0 Å². The van der Waals surface area contributed by atoms with Gasteiger partial charge in [0.25, 0.3) is 0 Å². The van der Waals surface area contributed by atoms with Crippen molar-refractivity contribution in [3.05, 3.63) is 267 Å². The summed E-state index contributed by atoms with van der Waals surface area (Å²) in [5.74, 6) is 0. The third kappa shape index (κ3) is 6.82. The van der Waals surface area contributed by atoms with E-state index in [-0.39, 0.29) is 0 Å². The summed E-state index contributed by atoms with van der Waals surface area (Å²) >= 11 is 0. The van der Waals surface area contributed by atoms with Crippen molar-refractivity contribution in [2.75, 3.05) is 4.90 Å². The lowest BCUT2D eigenvalue weighted by molar-refractivity contribution is 1.18. The fourth-order valence-corrected chi connectivity index (χ4v) is 10.5. The quantitative estimate of drug-likeness (QED) is 0.138. The average Bonchev–Trinajstić information content (AvgIpc) is 3.76. The maximum atomic E-state index is 2.39. The lowest BCUT2D eigenvalue weighted by Crippen LogP contribution is -2.09. The second kappa shape index (κ2) is 16.5. The molecule has 1 aromatic heterocycles. The van der Waals surface area contributed by atoms with E-state index in [4.69, 9.17) is 0 Å². The highest BCUT2D eigenvalue weighted by Crippen LogP contribution is 2.42. The highest BCUT2D eigenvalue weighted by atomic mass is 15.1. The molecule has 0 amide bonds. The first-order chi connectivity index (χ1) is 33.7. The standard InChI is InChI=1S/C66H44N2/c1-2-15-54(16-3-1)68-64-22-9-8-18-63(64)66-60(20-11-23-65(66)68)51-34-41-57(42-35-51)67(56-39-32-50(33-40-56)59-19-10-21-61-58-17-7-6-13-49(58)36-43-62(59)61)55-37-30-47(31-38-55)46-24-26-48(27-25-46)53-29-28-45-12-4-5-14-52(45)44-53/h1-44H. The number of fused-ring (bicyclic) bond motifs is 7. The van der Waals surface area contributed by atoms with Crippen LogP contribution in [0.3, 0.4) is 0 Å². The minimum atomic E-state index is 1.09. The Morgan fingerprint density at radius 3 is 1.43 bits per heavy atom. The van der Waals surface area contributed by atoms with Crippen LogP contribution >= 0.6 is 0 Å². The van der Waals surface area contributed by atoms with Crippen LogP contribution in [-0.4, -0.2) is 4.57 Å². The summed E-state index contributed by atoms with van der Waals surface area (Å²) < 4.78 is 2.39. The normalized spacial score (nSPS) is 11.5. The number of anilines is 3. The van der Waals surface area contributed by atoms with Crippen molar-refractivity contribution < 1.29 is 0 Å². The van der Waals surface area contributed by atoms with Crippen molar-refractivity contribution in [2.24, 2.45) is 0 Å². The molecule has 0 aliphatic carbocycles. The molecule has 0 radical (unpaired) electrons. The first-order valence-electron chi connectivity index (χ1n) is 23.4. The lowest BCUT2D eigenvalue weighted by Gasteiger charge is -2.26. The zero-order valence-corrected chi connectivity index (χ0v) is 37.3. The van der Waals surface area contributed by atoms with Crippen molar-refractivity contribution in [2.45, 2.75) is 0 Å². The Balaban J connectivity index is 0.880. The Labute approximate surface area is 395 Å². The van der Waals surface area contributed by atoms with Gasteiger partial charge in [0.15, 0.2) is 0 Å². The number of nitrogens with zero attached hydrogens (tertiary/aromatic N) is 2. The number of hydrogen-bond acceptors (Lipinski definition) is 1. The summed E-state index contributed by atoms with van der Waals surface area (Å²) in [5.41, 5.74) is 16.4. The van der Waals surface area contributed by atoms with Crippen molar-refractivity contribution >= 4 is 71.2 Å². The predicted octanol–water partition coefficient (Wildman–Crippen LogP) is 18.4. The van der Waals surface area contributed by atoms with Crippen molar-refractivity contribution in [1.82, 2.24) is 4.57 Å². The molecule has 0 saturated heterocycles. The van der Waals surface area contributed by atoms with Crippen LogP contribution in [0.4, 0.5) is 17.1 Å². The number of para-hydroxylation sites is 2. The van der Waals surface area contributed by atoms with Gasteiger partial charge in [0, 0.05) is 33.5 Å². The third-order valence-electron chi connectivity index (χ3n) is 13.8. The van der Waals surface area contributed by atoms with Gasteiger partial charge in [-0.25, -0.2) is 0 Å². The average molecular weight is 865 g/mol. The fourth-order valence-electron chi connectivity index (χ4n) is 10.5. The zero-order chi connectivity index (χ0) is 45.0. The van der Waals surface area contributed by atoms with E-state index in [1.165, 1.54) is 98.6 Å². The van der Waals surface area contributed by atoms with Gasteiger partial charge in [-0.2, -0.15) is 0 Å². The molecule has 2 heteroatoms. The van der Waals surface area contributed by atoms with E-state index in [9.17, 15) is 0 Å². The van der Waals surface area contributed by atoms with Crippen LogP contribution in [0.25, 0.3) is 104 Å². The maximum Gasteiger partial charge on any atom is 0.0547 e. The van der Waals surface area contributed by atoms with Gasteiger partial charge in [-0.1, -0.05) is 200 Å². The van der Waals surface area contributed by atoms with Crippen LogP contribution < -0.4 is 4.90 Å². The Hall–Kier alpha value is -8.98. The Kier molecular flexibility index (Phi) is 9.54. The van der Waals surface area contributed by atoms with Gasteiger partial charge in [0.1, 0.15) is 0 Å². The van der Waals surface area contributed by atoms with Crippen LogP contribution in [0, 0.1) is 0 Å². The molecule has 0 bridgehead atoms. The molecule has 13 rings (SSSR count). The summed E-state index contributed by atoms with van der Waals surface area (Å²) in [7, 11) is 0. The first-order valence-corrected chi connectivity index (χ1v) is 23.4. The zero-order valence-electron chi connectivity index (χ0n) is 37.3. The predicted molar refractivity (Wildman–Crippen MR) is 290 cm³/mol. The summed E-state index contributed by atoms with van der Waals surface area (Å²) in [4.78, 5) is 2.37. The van der Waals surface area contributed by atoms with E-state index in [0.717, 1.165) is 22.7 Å². The molecule has 0 atom stereocenters. The minimum absolute atomic E-state index is 1.09. The largest absolute Gasteiger partial charge is 0.311 e. The molecule has 2 nitrogen and oxygen atoms in total. The van der Waals surface area contributed by atoms with Crippen molar-refractivity contribution in [3.63, 3.8) is 0 Å². The van der Waals surface area contributed by atoms with Crippen molar-refractivity contribution in [1.29, 1.82) is 0 Å². The van der Waals surface area contributed by atoms with Gasteiger partial charge in [-0.05, 0) is 144 Å². The smallest absolute Gasteiger partial charge is 0.0547 e. The van der Waals surface area contributed by atoms with Gasteiger partial charge in [-0.3, -0.25) is 0 Å². The molecule has 68 heavy (non-hydrogen) atoms. The first kappa shape index (κ1) is 39.4. The molecular weight excluding hydrogens is 821 g/mol. The number of aromatic nitrogens is 1. The second-order valence-corrected chi connectivity index (χ2v) is 17.7. The number of hydrogen-bond donors (Lipinski definition) is 0. The number of rotatable bonds is 8. The molecule has 12 aromatic carbocycles. The molecule has 13 aromatic rings. The third-order valence-corrected chi connectivity index (χ3v) is 13.8. The molecule has 318 valence electrons. The summed E-state index contributed by atoms with van der Waals surface area (Å²) in [6.07, 6.45) is 0. The highest BCUT2D eigenvalue weighted by Gasteiger charge is 2.18. The molecule has 0 N–H and O–H groups in total. The maximum absolute atomic E-state index is 2.39. The van der Waals surface area contributed by atoms with Crippen LogP contribution in [-0.2, 0) is 0 Å². The lowest BCUT2D eigenvalue weighted by atomic mass is 9.94. The van der Waals surface area contributed by atoms with Gasteiger partial charge < -0.3 is 9.47 Å². The molecule has 0 fully saturated rings. The second-order valence-electron chi connectivity index (χ2n) is 17.7. The van der Waals surface area contributed by atoms with E-state index in [0.29, 0.717) is 0 Å². The van der Waals surface area contributed by atoms with Crippen LogP contribution in [0.15, 0.2) is 267 Å². The molecule has 0 saturated carbocycles. The Morgan fingerprint density at radius 2 is 0.721 bits per heavy atom. The summed E-state index contributed by atoms with van der Waals surface area (Å²) in [5, 5.41) is 10.1. The van der Waals surface area contributed by atoms with Gasteiger partial charge >= 0.3 is 0 Å². The van der Waals surface area contributed by atoms with E-state index in [1.807, 2.05) is 0 Å². The highest BCUT2D eigenvalue weighted by molar-refractivity contribution is 6.16. The number of benzene rings is 12. The molecule has 0 aliphatic rings. The Bertz CT molecular complexity index is 3980. The molecule has 0 spiro atoms. The SMILES string of the molecule is c1ccc(-n2c3ccccc3c3c(-c4ccc(N(c5ccc(-c6ccc(-c7ccc8ccccc8c7)cc6)cc5)c5ccc(-c6cccc7c6ccc6ccccc67)cc5)cc4)cccc32)cc1. The summed E-state index contributed by atoms with van der Waals surface area (Å²) in [6.45, 7) is 0. The summed E-state index contributed by atoms with van der Waals surface area (Å²) in [6, 6.07) is 97.4. The van der Waals surface area contributed by atoms with E-state index >= 15 is 0 Å². The molecular formula is C66H44N2. The van der Waals surface area contributed by atoms with Crippen LogP contribution in [0.5, 0.6) is 0 Å². The molecule has 1 heterocycles. The van der Waals surface area contributed by atoms with E-state index in [2.05, 4.69) is 276 Å². The molecule has 0 aliphatic heterocycles. The monoisotopic (exact) mass is 864 g/mol. The Morgan fingerprint density at radius 1 is 0.250 bits per heavy atom. The van der Waals surface area contributed by atoms with Gasteiger partial charge in [0.05, 0.1) is 11.0 Å². The molecule has 0 unspecified atom stereocenters. The van der Waals surface area contributed by atoms with Crippen LogP contribution in [0.1, 0.15) is 0 Å². The minimum Gasteiger partial charge on any atom is -0.311 e.